The second-order valence-electron chi connectivity index (χ2n) is 5.16. The van der Waals surface area contributed by atoms with Crippen LogP contribution in [0, 0.1) is 6.92 Å². The van der Waals surface area contributed by atoms with E-state index in [1.165, 1.54) is 23.8 Å². The first-order chi connectivity index (χ1) is 11.3. The highest BCUT2D eigenvalue weighted by molar-refractivity contribution is 7.90. The van der Waals surface area contributed by atoms with E-state index in [0.29, 0.717) is 11.3 Å². The van der Waals surface area contributed by atoms with Crippen LogP contribution < -0.4 is 14.8 Å². The van der Waals surface area contributed by atoms with Crippen LogP contribution in [0.15, 0.2) is 28.7 Å². The summed E-state index contributed by atoms with van der Waals surface area (Å²) in [6.07, 6.45) is 0.554. The van der Waals surface area contributed by atoms with Crippen molar-refractivity contribution < 1.29 is 22.7 Å². The Balaban J connectivity index is 1.95. The van der Waals surface area contributed by atoms with Crippen LogP contribution in [0.4, 0.5) is 5.69 Å². The summed E-state index contributed by atoms with van der Waals surface area (Å²) < 4.78 is 32.4. The second kappa shape index (κ2) is 5.87. The lowest BCUT2D eigenvalue weighted by molar-refractivity contribution is -0.122. The molecule has 2 N–H and O–H groups in total. The minimum Gasteiger partial charge on any atom is -0.479 e. The van der Waals surface area contributed by atoms with Crippen molar-refractivity contribution in [2.24, 2.45) is 0 Å². The molecule has 2 heterocycles. The molecule has 10 heteroatoms. The van der Waals surface area contributed by atoms with Crippen molar-refractivity contribution in [3.63, 3.8) is 0 Å². The molecular formula is C14H13N3O5S2. The number of rotatable bonds is 3. The molecular weight excluding hydrogens is 354 g/mol. The average molecular weight is 367 g/mol. The molecule has 1 aliphatic rings. The van der Waals surface area contributed by atoms with Crippen LogP contribution in [0.3, 0.4) is 0 Å². The molecule has 1 aromatic carbocycles. The minimum absolute atomic E-state index is 0.0949. The maximum absolute atomic E-state index is 12.5. The van der Waals surface area contributed by atoms with E-state index in [1.807, 2.05) is 4.72 Å². The zero-order valence-corrected chi connectivity index (χ0v) is 14.3. The molecule has 3 rings (SSSR count). The van der Waals surface area contributed by atoms with Crippen molar-refractivity contribution in [1.29, 1.82) is 0 Å². The number of nitrogens with zero attached hydrogens (tertiary/aromatic N) is 1. The molecule has 0 aliphatic carbocycles. The van der Waals surface area contributed by atoms with E-state index in [4.69, 9.17) is 4.74 Å². The summed E-state index contributed by atoms with van der Waals surface area (Å²) in [4.78, 5) is 27.4. The summed E-state index contributed by atoms with van der Waals surface area (Å²) in [6.45, 7) is 3.12. The molecule has 1 aromatic heterocycles. The fourth-order valence-electron chi connectivity index (χ4n) is 2.19. The highest BCUT2D eigenvalue weighted by atomic mass is 32.2. The second-order valence-corrected chi connectivity index (χ2v) is 7.70. The number of hydrogen-bond acceptors (Lipinski definition) is 7. The van der Waals surface area contributed by atoms with E-state index in [2.05, 4.69) is 10.3 Å². The van der Waals surface area contributed by atoms with E-state index in [0.717, 1.165) is 11.3 Å². The number of thiazole rings is 1. The lowest BCUT2D eigenvalue weighted by Gasteiger charge is -2.24. The van der Waals surface area contributed by atoms with Gasteiger partial charge in [-0.3, -0.25) is 14.6 Å². The summed E-state index contributed by atoms with van der Waals surface area (Å²) in [5, 5.41) is 2.64. The highest BCUT2D eigenvalue weighted by Gasteiger charge is 2.28. The van der Waals surface area contributed by atoms with Gasteiger partial charge in [-0.25, -0.2) is 13.1 Å². The van der Waals surface area contributed by atoms with Gasteiger partial charge < -0.3 is 10.1 Å². The largest absolute Gasteiger partial charge is 0.479 e. The standard InChI is InChI=1S/C14H13N3O5S2/c1-7-3-9-10(22-8(2)13(18)16-9)4-12(7)24(20,21)17-14(19)11-5-15-6-23-11/h3-6,8H,1-2H3,(H,16,18)(H,17,19). The molecule has 0 saturated heterocycles. The Morgan fingerprint density at radius 2 is 2.17 bits per heavy atom. The predicted octanol–water partition coefficient (Wildman–Crippen LogP) is 1.29. The van der Waals surface area contributed by atoms with Crippen molar-refractivity contribution >= 4 is 38.9 Å². The van der Waals surface area contributed by atoms with Gasteiger partial charge in [-0.05, 0) is 25.5 Å². The lowest BCUT2D eigenvalue weighted by atomic mass is 10.1. The van der Waals surface area contributed by atoms with E-state index in [1.54, 1.807) is 13.8 Å². The molecule has 2 aromatic rings. The number of nitrogens with one attached hydrogen (secondary N) is 2. The third-order valence-electron chi connectivity index (χ3n) is 3.38. The topological polar surface area (TPSA) is 114 Å². The van der Waals surface area contributed by atoms with Crippen molar-refractivity contribution in [2.45, 2.75) is 24.8 Å². The number of anilines is 1. The number of carbonyl (C=O) groups excluding carboxylic acids is 2. The Morgan fingerprint density at radius 3 is 2.83 bits per heavy atom. The summed E-state index contributed by atoms with van der Waals surface area (Å²) in [7, 11) is -4.09. The number of sulfonamides is 1. The van der Waals surface area contributed by atoms with E-state index in [-0.39, 0.29) is 21.4 Å². The van der Waals surface area contributed by atoms with Crippen LogP contribution in [0.2, 0.25) is 0 Å². The molecule has 24 heavy (non-hydrogen) atoms. The van der Waals surface area contributed by atoms with Gasteiger partial charge in [0.15, 0.2) is 6.10 Å². The highest BCUT2D eigenvalue weighted by Crippen LogP contribution is 2.34. The molecule has 126 valence electrons. The summed E-state index contributed by atoms with van der Waals surface area (Å²) in [5.74, 6) is -0.827. The van der Waals surface area contributed by atoms with Gasteiger partial charge in [-0.1, -0.05) is 0 Å². The number of aromatic nitrogens is 1. The normalized spacial score (nSPS) is 16.8. The monoisotopic (exact) mass is 367 g/mol. The third kappa shape index (κ3) is 2.97. The predicted molar refractivity (Wildman–Crippen MR) is 86.7 cm³/mol. The van der Waals surface area contributed by atoms with Gasteiger partial charge in [0, 0.05) is 6.07 Å². The molecule has 0 bridgehead atoms. The van der Waals surface area contributed by atoms with Gasteiger partial charge in [-0.15, -0.1) is 11.3 Å². The van der Waals surface area contributed by atoms with Crippen LogP contribution in [0.5, 0.6) is 5.75 Å². The van der Waals surface area contributed by atoms with Gasteiger partial charge >= 0.3 is 0 Å². The SMILES string of the molecule is Cc1cc2c(cc1S(=O)(=O)NC(=O)c1cncs1)OC(C)C(=O)N2. The molecule has 1 aliphatic heterocycles. The maximum atomic E-state index is 12.5. The number of ether oxygens (including phenoxy) is 1. The zero-order valence-electron chi connectivity index (χ0n) is 12.7. The maximum Gasteiger partial charge on any atom is 0.276 e. The van der Waals surface area contributed by atoms with Crippen molar-refractivity contribution in [3.8, 4) is 5.75 Å². The quantitative estimate of drug-likeness (QED) is 0.845. The third-order valence-corrected chi connectivity index (χ3v) is 5.63. The lowest BCUT2D eigenvalue weighted by Crippen LogP contribution is -2.35. The van der Waals surface area contributed by atoms with Crippen LogP contribution in [-0.4, -0.2) is 31.3 Å². The van der Waals surface area contributed by atoms with Gasteiger partial charge in [0.2, 0.25) is 0 Å². The Kier molecular flexibility index (Phi) is 4.01. The molecule has 8 nitrogen and oxygen atoms in total. The first-order valence-electron chi connectivity index (χ1n) is 6.86. The number of hydrogen-bond donors (Lipinski definition) is 2. The smallest absolute Gasteiger partial charge is 0.276 e. The molecule has 0 saturated carbocycles. The first-order valence-corrected chi connectivity index (χ1v) is 9.22. The zero-order chi connectivity index (χ0) is 17.5. The molecule has 0 radical (unpaired) electrons. The van der Waals surface area contributed by atoms with Crippen LogP contribution >= 0.6 is 11.3 Å². The molecule has 2 amide bonds. The number of benzene rings is 1. The first kappa shape index (κ1) is 16.4. The van der Waals surface area contributed by atoms with Crippen molar-refractivity contribution in [1.82, 2.24) is 9.71 Å². The van der Waals surface area contributed by atoms with Crippen LogP contribution in [-0.2, 0) is 14.8 Å². The minimum atomic E-state index is -4.09. The fourth-order valence-corrected chi connectivity index (χ4v) is 3.98. The molecule has 0 spiro atoms. The molecule has 0 fully saturated rings. The Labute approximate surface area is 141 Å². The van der Waals surface area contributed by atoms with E-state index < -0.39 is 22.0 Å². The van der Waals surface area contributed by atoms with Gasteiger partial charge in [-0.2, -0.15) is 0 Å². The fraction of sp³-hybridized carbons (Fsp3) is 0.214. The van der Waals surface area contributed by atoms with Crippen LogP contribution in [0.1, 0.15) is 22.2 Å². The average Bonchev–Trinajstić information content (AvgIpc) is 3.02. The number of carbonyl (C=O) groups is 2. The Hall–Kier alpha value is -2.46. The van der Waals surface area contributed by atoms with Gasteiger partial charge in [0.1, 0.15) is 10.6 Å². The number of fused-ring (bicyclic) bond motifs is 1. The molecule has 1 unspecified atom stereocenters. The van der Waals surface area contributed by atoms with Crippen molar-refractivity contribution in [3.05, 3.63) is 34.3 Å². The summed E-state index contributed by atoms with van der Waals surface area (Å²) >= 11 is 1.03. The summed E-state index contributed by atoms with van der Waals surface area (Å²) in [5.41, 5.74) is 2.20. The van der Waals surface area contributed by atoms with Gasteiger partial charge in [0.25, 0.3) is 21.8 Å². The molecule has 1 atom stereocenters. The Bertz CT molecular complexity index is 922. The van der Waals surface area contributed by atoms with Crippen molar-refractivity contribution in [2.75, 3.05) is 5.32 Å². The Morgan fingerprint density at radius 1 is 1.42 bits per heavy atom. The van der Waals surface area contributed by atoms with Crippen LogP contribution in [0.25, 0.3) is 0 Å². The van der Waals surface area contributed by atoms with E-state index >= 15 is 0 Å². The van der Waals surface area contributed by atoms with E-state index in [9.17, 15) is 18.0 Å². The van der Waals surface area contributed by atoms with Gasteiger partial charge in [0.05, 0.1) is 22.3 Å². The number of amides is 2. The number of aryl methyl sites for hydroxylation is 1. The summed E-state index contributed by atoms with van der Waals surface area (Å²) in [6, 6.07) is 2.79.